The van der Waals surface area contributed by atoms with Crippen LogP contribution in [0.4, 0.5) is 0 Å². The van der Waals surface area contributed by atoms with Gasteiger partial charge in [0, 0.05) is 24.5 Å². The zero-order valence-corrected chi connectivity index (χ0v) is 12.4. The number of rotatable bonds is 4. The lowest BCUT2D eigenvalue weighted by Crippen LogP contribution is -2.03. The number of carboxylic acid groups (broad SMARTS) is 2. The number of aromatic nitrogens is 2. The lowest BCUT2D eigenvalue weighted by Gasteiger charge is -2.12. The summed E-state index contributed by atoms with van der Waals surface area (Å²) in [5.74, 6) is -2.51. The van der Waals surface area contributed by atoms with Crippen LogP contribution in [-0.2, 0) is 9.59 Å². The zero-order valence-electron chi connectivity index (χ0n) is 11.6. The molecule has 7 heteroatoms. The number of aryl methyl sites for hydroxylation is 1. The van der Waals surface area contributed by atoms with Crippen molar-refractivity contribution in [3.05, 3.63) is 52.8 Å². The fourth-order valence-corrected chi connectivity index (χ4v) is 2.54. The van der Waals surface area contributed by atoms with Crippen LogP contribution >= 0.6 is 11.3 Å². The van der Waals surface area contributed by atoms with Gasteiger partial charge < -0.3 is 14.8 Å². The van der Waals surface area contributed by atoms with Crippen LogP contribution in [0.1, 0.15) is 24.1 Å². The summed E-state index contributed by atoms with van der Waals surface area (Å²) in [6.07, 6.45) is 6.80. The molecule has 0 aromatic carbocycles. The number of hydrogen-bond donors (Lipinski definition) is 2. The molecule has 2 rings (SSSR count). The Bertz CT molecular complexity index is 601. The van der Waals surface area contributed by atoms with Crippen LogP contribution in [0, 0.1) is 6.92 Å². The first-order valence-corrected chi connectivity index (χ1v) is 7.00. The molecule has 6 nitrogen and oxygen atoms in total. The standard InChI is InChI=1S/C10H12N2S.C4H4O4/c1-8-5-13-6-10(8)9(2)12-4-3-11-7-12;5-3(6)1-2-4(7)8/h3-7,9H,1-2H3;1-2H,(H,5,6)(H,7,8)/b;2-1+. The summed E-state index contributed by atoms with van der Waals surface area (Å²) in [4.78, 5) is 23.2. The average molecular weight is 308 g/mol. The average Bonchev–Trinajstić information content (AvgIpc) is 3.07. The van der Waals surface area contributed by atoms with Crippen LogP contribution in [0.25, 0.3) is 0 Å². The molecule has 2 aromatic rings. The summed E-state index contributed by atoms with van der Waals surface area (Å²) in [7, 11) is 0. The Hall–Kier alpha value is -2.41. The first-order valence-electron chi connectivity index (χ1n) is 6.06. The molecular weight excluding hydrogens is 292 g/mol. The van der Waals surface area contributed by atoms with Gasteiger partial charge in [0.1, 0.15) is 0 Å². The third-order valence-electron chi connectivity index (χ3n) is 2.69. The first-order chi connectivity index (χ1) is 9.91. The second-order valence-electron chi connectivity index (χ2n) is 4.21. The van der Waals surface area contributed by atoms with Gasteiger partial charge in [0.2, 0.25) is 0 Å². The van der Waals surface area contributed by atoms with Crippen LogP contribution in [0.2, 0.25) is 0 Å². The summed E-state index contributed by atoms with van der Waals surface area (Å²) in [5, 5.41) is 20.0. The Morgan fingerprint density at radius 2 is 1.90 bits per heavy atom. The maximum Gasteiger partial charge on any atom is 0.328 e. The number of hydrogen-bond acceptors (Lipinski definition) is 4. The Morgan fingerprint density at radius 1 is 1.29 bits per heavy atom. The molecule has 112 valence electrons. The Kier molecular flexibility index (Phi) is 6.35. The van der Waals surface area contributed by atoms with Gasteiger partial charge >= 0.3 is 11.9 Å². The van der Waals surface area contributed by atoms with Crippen LogP contribution < -0.4 is 0 Å². The van der Waals surface area contributed by atoms with Gasteiger partial charge in [0.15, 0.2) is 0 Å². The molecular formula is C14H16N2O4S. The Balaban J connectivity index is 0.000000240. The van der Waals surface area contributed by atoms with E-state index in [1.165, 1.54) is 11.1 Å². The van der Waals surface area contributed by atoms with Gasteiger partial charge in [-0.15, -0.1) is 0 Å². The summed E-state index contributed by atoms with van der Waals surface area (Å²) in [6.45, 7) is 4.34. The van der Waals surface area contributed by atoms with Gasteiger partial charge in [0.25, 0.3) is 0 Å². The fourth-order valence-electron chi connectivity index (χ4n) is 1.60. The molecule has 2 aromatic heterocycles. The van der Waals surface area contributed by atoms with E-state index in [9.17, 15) is 9.59 Å². The SMILES string of the molecule is Cc1cscc1C(C)n1ccnc1.O=C(O)/C=C/C(=O)O. The highest BCUT2D eigenvalue weighted by Crippen LogP contribution is 2.24. The largest absolute Gasteiger partial charge is 0.478 e. The molecule has 0 aliphatic rings. The van der Waals surface area contributed by atoms with E-state index in [0.29, 0.717) is 18.2 Å². The fraction of sp³-hybridized carbons (Fsp3) is 0.214. The maximum atomic E-state index is 9.55. The normalized spacial score (nSPS) is 11.7. The van der Waals surface area contributed by atoms with Gasteiger partial charge in [-0.05, 0) is 35.7 Å². The van der Waals surface area contributed by atoms with E-state index in [-0.39, 0.29) is 0 Å². The van der Waals surface area contributed by atoms with E-state index in [1.54, 1.807) is 11.3 Å². The molecule has 1 unspecified atom stereocenters. The summed E-state index contributed by atoms with van der Waals surface area (Å²) >= 11 is 1.76. The van der Waals surface area contributed by atoms with Crippen LogP contribution in [0.5, 0.6) is 0 Å². The van der Waals surface area contributed by atoms with Gasteiger partial charge in [-0.3, -0.25) is 0 Å². The van der Waals surface area contributed by atoms with Crippen LogP contribution in [0.3, 0.4) is 0 Å². The minimum absolute atomic E-state index is 0.397. The molecule has 0 bridgehead atoms. The highest BCUT2D eigenvalue weighted by Gasteiger charge is 2.09. The second kappa shape index (κ2) is 8.01. The van der Waals surface area contributed by atoms with Crippen molar-refractivity contribution < 1.29 is 19.8 Å². The number of nitrogens with zero attached hydrogens (tertiary/aromatic N) is 2. The third-order valence-corrected chi connectivity index (χ3v) is 3.57. The van der Waals surface area contributed by atoms with Crippen molar-refractivity contribution in [3.63, 3.8) is 0 Å². The van der Waals surface area contributed by atoms with Crippen molar-refractivity contribution in [3.8, 4) is 0 Å². The monoisotopic (exact) mass is 308 g/mol. The van der Waals surface area contributed by atoms with E-state index >= 15 is 0 Å². The number of aliphatic carboxylic acids is 2. The van der Waals surface area contributed by atoms with Gasteiger partial charge in [-0.2, -0.15) is 11.3 Å². The number of carbonyl (C=O) groups is 2. The van der Waals surface area contributed by atoms with Crippen molar-refractivity contribution >= 4 is 23.3 Å². The lowest BCUT2D eigenvalue weighted by molar-refractivity contribution is -0.134. The molecule has 21 heavy (non-hydrogen) atoms. The van der Waals surface area contributed by atoms with Crippen molar-refractivity contribution in [2.24, 2.45) is 0 Å². The first kappa shape index (κ1) is 16.6. The molecule has 0 radical (unpaired) electrons. The zero-order chi connectivity index (χ0) is 15.8. The van der Waals surface area contributed by atoms with Crippen LogP contribution in [-0.4, -0.2) is 31.7 Å². The van der Waals surface area contributed by atoms with Crippen molar-refractivity contribution in [1.29, 1.82) is 0 Å². The molecule has 1 atom stereocenters. The third kappa shape index (κ3) is 5.62. The number of imidazole rings is 1. The summed E-state index contributed by atoms with van der Waals surface area (Å²) in [6, 6.07) is 0.397. The van der Waals surface area contributed by atoms with E-state index in [4.69, 9.17) is 10.2 Å². The predicted octanol–water partition coefficient (Wildman–Crippen LogP) is 2.57. The van der Waals surface area contributed by atoms with Gasteiger partial charge in [-0.1, -0.05) is 0 Å². The topological polar surface area (TPSA) is 92.4 Å². The van der Waals surface area contributed by atoms with Crippen LogP contribution in [0.15, 0.2) is 41.6 Å². The van der Waals surface area contributed by atoms with Crippen molar-refractivity contribution in [2.45, 2.75) is 19.9 Å². The predicted molar refractivity (Wildman–Crippen MR) is 79.5 cm³/mol. The molecule has 0 saturated heterocycles. The van der Waals surface area contributed by atoms with Gasteiger partial charge in [0.05, 0.1) is 12.4 Å². The lowest BCUT2D eigenvalue weighted by atomic mass is 10.1. The number of thiophene rings is 1. The van der Waals surface area contributed by atoms with E-state index in [1.807, 2.05) is 18.7 Å². The highest BCUT2D eigenvalue weighted by molar-refractivity contribution is 7.08. The highest BCUT2D eigenvalue weighted by atomic mass is 32.1. The molecule has 0 fully saturated rings. The molecule has 2 heterocycles. The molecule has 0 aliphatic carbocycles. The smallest absolute Gasteiger partial charge is 0.328 e. The second-order valence-corrected chi connectivity index (χ2v) is 4.95. The molecule has 0 amide bonds. The Labute approximate surface area is 126 Å². The summed E-state index contributed by atoms with van der Waals surface area (Å²) < 4.78 is 2.12. The summed E-state index contributed by atoms with van der Waals surface area (Å²) in [5.41, 5.74) is 2.76. The minimum Gasteiger partial charge on any atom is -0.478 e. The number of carboxylic acids is 2. The Morgan fingerprint density at radius 3 is 2.29 bits per heavy atom. The maximum absolute atomic E-state index is 9.55. The quantitative estimate of drug-likeness (QED) is 0.847. The molecule has 0 saturated carbocycles. The molecule has 0 aliphatic heterocycles. The van der Waals surface area contributed by atoms with E-state index < -0.39 is 11.9 Å². The van der Waals surface area contributed by atoms with Crippen molar-refractivity contribution in [1.82, 2.24) is 9.55 Å². The van der Waals surface area contributed by atoms with E-state index in [0.717, 1.165) is 0 Å². The molecule has 0 spiro atoms. The van der Waals surface area contributed by atoms with E-state index in [2.05, 4.69) is 34.2 Å². The minimum atomic E-state index is -1.26. The van der Waals surface area contributed by atoms with Gasteiger partial charge in [-0.25, -0.2) is 14.6 Å². The molecule has 2 N–H and O–H groups in total. The van der Waals surface area contributed by atoms with Crippen molar-refractivity contribution in [2.75, 3.05) is 0 Å².